The van der Waals surface area contributed by atoms with E-state index >= 15 is 0 Å². The summed E-state index contributed by atoms with van der Waals surface area (Å²) >= 11 is 2.23. The maximum absolute atomic E-state index is 14.5. The highest BCUT2D eigenvalue weighted by Gasteiger charge is 2.60. The Balaban J connectivity index is 0.934. The van der Waals surface area contributed by atoms with Crippen molar-refractivity contribution in [1.82, 2.24) is 40.2 Å². The number of anilines is 4. The van der Waals surface area contributed by atoms with Gasteiger partial charge in [0.15, 0.2) is 11.6 Å². The molecule has 0 bridgehead atoms. The smallest absolute Gasteiger partial charge is 0.341 e. The number of rotatable bonds is 15. The second-order valence-corrected chi connectivity index (χ2v) is 25.8. The summed E-state index contributed by atoms with van der Waals surface area (Å²) in [5.74, 6) is 1.84. The number of hydrazine groups is 1. The third kappa shape index (κ3) is 9.94. The van der Waals surface area contributed by atoms with Crippen molar-refractivity contribution in [2.24, 2.45) is 0 Å². The molecule has 2 N–H and O–H groups in total. The van der Waals surface area contributed by atoms with E-state index in [1.165, 1.54) is 10.0 Å². The Bertz CT molecular complexity index is 3280. The van der Waals surface area contributed by atoms with E-state index in [1.807, 2.05) is 20.8 Å². The van der Waals surface area contributed by atoms with E-state index in [1.54, 1.807) is 85.3 Å². The van der Waals surface area contributed by atoms with Gasteiger partial charge < -0.3 is 29.9 Å². The Morgan fingerprint density at radius 3 is 1.50 bits per heavy atom. The number of thiazole rings is 2. The van der Waals surface area contributed by atoms with Crippen molar-refractivity contribution in [2.45, 2.75) is 90.9 Å². The average Bonchev–Trinajstić information content (AvgIpc) is 4.32. The van der Waals surface area contributed by atoms with E-state index in [-0.39, 0.29) is 21.3 Å². The summed E-state index contributed by atoms with van der Waals surface area (Å²) in [6.45, 7) is 13.6. The van der Waals surface area contributed by atoms with Gasteiger partial charge in [0.1, 0.15) is 21.1 Å². The van der Waals surface area contributed by atoms with Crippen LogP contribution in [-0.4, -0.2) is 129 Å². The molecule has 4 aliphatic rings. The summed E-state index contributed by atoms with van der Waals surface area (Å²) in [4.78, 5) is 61.2. The van der Waals surface area contributed by atoms with E-state index in [4.69, 9.17) is 29.4 Å². The molecule has 4 amide bonds. The van der Waals surface area contributed by atoms with Crippen molar-refractivity contribution in [1.29, 1.82) is 0 Å². The number of nitrogens with one attached hydrogen (secondary N) is 2. The van der Waals surface area contributed by atoms with Gasteiger partial charge in [0.2, 0.25) is 28.4 Å². The molecule has 4 aromatic heterocycles. The van der Waals surface area contributed by atoms with Crippen LogP contribution in [0.3, 0.4) is 0 Å². The Kier molecular flexibility index (Phi) is 14.2. The van der Waals surface area contributed by atoms with Gasteiger partial charge in [-0.3, -0.25) is 0 Å². The molecule has 0 radical (unpaired) electrons. The van der Waals surface area contributed by atoms with Gasteiger partial charge in [0, 0.05) is 89.9 Å². The van der Waals surface area contributed by atoms with Gasteiger partial charge >= 0.3 is 12.1 Å². The molecule has 6 heterocycles. The molecule has 2 aliphatic heterocycles. The molecule has 0 unspecified atom stereocenters. The van der Waals surface area contributed by atoms with Crippen LogP contribution in [0.2, 0.25) is 0 Å². The lowest BCUT2D eigenvalue weighted by Gasteiger charge is -2.35. The maximum Gasteiger partial charge on any atom is 0.341 e. The number of amides is 4. The fourth-order valence-electron chi connectivity index (χ4n) is 9.12. The zero-order valence-electron chi connectivity index (χ0n) is 41.8. The van der Waals surface area contributed by atoms with Crippen molar-refractivity contribution in [2.75, 3.05) is 79.3 Å². The normalized spacial score (nSPS) is 17.2. The first-order valence-corrected chi connectivity index (χ1v) is 29.4. The SMILES string of the molecule is CCCN(C(=O)Nc1ccc(-c2nc(N3CCOCC3)cc(C3(S(=O)(=O)c4nc(C)cs4)CC3)n2)cc1)N(C(=O)NC(C)C)c1ccc(-c2nc(N3CCOCC3)cc(C3(S(=O)(=O)c4nc(C)cs4)CC3)n2)cc1. The Morgan fingerprint density at radius 1 is 0.662 bits per heavy atom. The summed E-state index contributed by atoms with van der Waals surface area (Å²) in [5, 5.41) is 12.0. The van der Waals surface area contributed by atoms with Gasteiger partial charge in [-0.15, -0.1) is 22.7 Å². The highest BCUT2D eigenvalue weighted by molar-refractivity contribution is 7.94. The van der Waals surface area contributed by atoms with Gasteiger partial charge in [0.05, 0.1) is 43.5 Å². The minimum Gasteiger partial charge on any atom is -0.378 e. The molecule has 10 rings (SSSR count). The topological polar surface area (TPSA) is 235 Å². The third-order valence-electron chi connectivity index (χ3n) is 13.4. The van der Waals surface area contributed by atoms with Crippen LogP contribution in [0.25, 0.3) is 22.8 Å². The minimum atomic E-state index is -3.88. The highest BCUT2D eigenvalue weighted by atomic mass is 32.2. The fourth-order valence-corrected chi connectivity index (χ4v) is 15.7. The zero-order chi connectivity index (χ0) is 52.0. The number of benzene rings is 2. The summed E-state index contributed by atoms with van der Waals surface area (Å²) in [7, 11) is -7.74. The van der Waals surface area contributed by atoms with E-state index in [0.29, 0.717) is 153 Å². The summed E-state index contributed by atoms with van der Waals surface area (Å²) in [5.41, 5.74) is 4.08. The molecule has 2 aromatic carbocycles. The van der Waals surface area contributed by atoms with Crippen LogP contribution >= 0.6 is 22.7 Å². The molecule has 390 valence electrons. The fraction of sp³-hybridized carbons (Fsp3) is 0.440. The van der Waals surface area contributed by atoms with Crippen molar-refractivity contribution >= 4 is 77.4 Å². The number of nitrogens with zero attached hydrogens (tertiary/aromatic N) is 10. The monoisotopic (exact) mass is 1080 g/mol. The lowest BCUT2D eigenvalue weighted by Crippen LogP contribution is -2.56. The molecule has 2 saturated heterocycles. The molecule has 20 nitrogen and oxygen atoms in total. The quantitative estimate of drug-likeness (QED) is 0.0947. The van der Waals surface area contributed by atoms with Gasteiger partial charge in [-0.2, -0.15) is 5.01 Å². The maximum atomic E-state index is 14.5. The number of aromatic nitrogens is 6. The molecule has 6 aromatic rings. The van der Waals surface area contributed by atoms with Crippen LogP contribution in [0.4, 0.5) is 32.6 Å². The standard InChI is InChI=1S/C50H58N12O8S4/c1-6-19-61(45(63)54-37-11-7-35(8-12-37)43-55-39(28-41(57-43)59-20-24-69-25-21-59)49(15-16-49)73(65,66)47-52-33(4)30-71-47)62(46(64)51-32(2)3)38-13-9-36(10-14-38)44-56-40(29-42(58-44)60-22-26-70-27-23-60)50(17-18-50)74(67,68)48-53-34(5)31-72-48/h7-14,28-32H,6,15-27H2,1-5H3,(H,51,64)(H,54,63). The van der Waals surface area contributed by atoms with Crippen molar-refractivity contribution in [3.63, 3.8) is 0 Å². The largest absolute Gasteiger partial charge is 0.378 e. The summed E-state index contributed by atoms with van der Waals surface area (Å²) < 4.78 is 65.6. The number of ether oxygens (including phenoxy) is 2. The first kappa shape index (κ1) is 51.3. The first-order chi connectivity index (χ1) is 35.5. The van der Waals surface area contributed by atoms with Crippen LogP contribution in [0.5, 0.6) is 0 Å². The van der Waals surface area contributed by atoms with E-state index < -0.39 is 41.2 Å². The summed E-state index contributed by atoms with van der Waals surface area (Å²) in [6, 6.07) is 16.1. The lowest BCUT2D eigenvalue weighted by atomic mass is 10.1. The number of sulfone groups is 2. The highest BCUT2D eigenvalue weighted by Crippen LogP contribution is 2.57. The minimum absolute atomic E-state index is 0.0673. The molecule has 2 aliphatic carbocycles. The molecule has 0 atom stereocenters. The first-order valence-electron chi connectivity index (χ1n) is 24.7. The molecular weight excluding hydrogens is 1020 g/mol. The second kappa shape index (κ2) is 20.5. The molecule has 4 fully saturated rings. The van der Waals surface area contributed by atoms with E-state index in [0.717, 1.165) is 22.7 Å². The van der Waals surface area contributed by atoms with Gasteiger partial charge in [-0.25, -0.2) is 61.3 Å². The van der Waals surface area contributed by atoms with Crippen molar-refractivity contribution in [3.05, 3.63) is 94.2 Å². The number of urea groups is 2. The zero-order valence-corrected chi connectivity index (χ0v) is 45.0. The third-order valence-corrected chi connectivity index (χ3v) is 21.2. The molecular formula is C50H58N12O8S4. The second-order valence-electron chi connectivity index (χ2n) is 19.2. The van der Waals surface area contributed by atoms with E-state index in [9.17, 15) is 26.4 Å². The van der Waals surface area contributed by atoms with Crippen LogP contribution in [-0.2, 0) is 38.6 Å². The summed E-state index contributed by atoms with van der Waals surface area (Å²) in [6.07, 6.45) is 2.11. The number of carbonyl (C=O) groups is 2. The van der Waals surface area contributed by atoms with Gasteiger partial charge in [-0.05, 0) is 108 Å². The Hall–Kier alpha value is -6.18. The molecule has 24 heteroatoms. The number of morpholine rings is 2. The van der Waals surface area contributed by atoms with Crippen LogP contribution in [0, 0.1) is 13.8 Å². The van der Waals surface area contributed by atoms with Crippen LogP contribution < -0.4 is 25.4 Å². The molecule has 74 heavy (non-hydrogen) atoms. The Morgan fingerprint density at radius 2 is 1.11 bits per heavy atom. The molecule has 0 spiro atoms. The number of aryl methyl sites for hydroxylation is 2. The average molecular weight is 1080 g/mol. The van der Waals surface area contributed by atoms with Gasteiger partial charge in [-0.1, -0.05) is 6.92 Å². The van der Waals surface area contributed by atoms with Crippen LogP contribution in [0.1, 0.15) is 75.7 Å². The number of hydrogen-bond donors (Lipinski definition) is 2. The van der Waals surface area contributed by atoms with Crippen molar-refractivity contribution < 1.29 is 35.9 Å². The van der Waals surface area contributed by atoms with Crippen molar-refractivity contribution in [3.8, 4) is 22.8 Å². The number of carbonyl (C=O) groups excluding carboxylic acids is 2. The Labute approximate surface area is 438 Å². The predicted octanol–water partition coefficient (Wildman–Crippen LogP) is 7.51. The van der Waals surface area contributed by atoms with Crippen LogP contribution in [0.15, 0.2) is 80.1 Å². The molecule has 2 saturated carbocycles. The number of hydrogen-bond acceptors (Lipinski definition) is 18. The predicted molar refractivity (Wildman–Crippen MR) is 283 cm³/mol. The lowest BCUT2D eigenvalue weighted by molar-refractivity contribution is 0.122. The van der Waals surface area contributed by atoms with Gasteiger partial charge in [0.25, 0.3) is 0 Å². The van der Waals surface area contributed by atoms with E-state index in [2.05, 4.69) is 30.4 Å².